The molecule has 1 aromatic carbocycles. The number of piperazine rings is 3. The zero-order valence-corrected chi connectivity index (χ0v) is 11.4. The minimum atomic E-state index is -0.546. The largest absolute Gasteiger partial charge is 0.299 e. The first-order chi connectivity index (χ1) is 9.67. The molecule has 0 radical (unpaired) electrons. The number of fused-ring (bicyclic) bond motifs is 3. The third-order valence-corrected chi connectivity index (χ3v) is 4.45. The Kier molecular flexibility index (Phi) is 3.98. The van der Waals surface area contributed by atoms with Crippen LogP contribution in [0.3, 0.4) is 0 Å². The summed E-state index contributed by atoms with van der Waals surface area (Å²) in [5.74, 6) is 4.63. The van der Waals surface area contributed by atoms with Crippen LogP contribution in [0.4, 0.5) is 8.78 Å². The number of benzene rings is 1. The van der Waals surface area contributed by atoms with E-state index >= 15 is 0 Å². The van der Waals surface area contributed by atoms with Gasteiger partial charge in [0.25, 0.3) is 0 Å². The van der Waals surface area contributed by atoms with Crippen LogP contribution in [0.15, 0.2) is 18.2 Å². The first-order valence-corrected chi connectivity index (χ1v) is 7.04. The van der Waals surface area contributed by atoms with Crippen LogP contribution in [0, 0.1) is 11.6 Å². The lowest BCUT2D eigenvalue weighted by Gasteiger charge is -2.50. The Labute approximate surface area is 117 Å². The van der Waals surface area contributed by atoms with Crippen molar-refractivity contribution in [3.63, 3.8) is 0 Å². The Hall–Kier alpha value is -1.08. The molecule has 3 aliphatic heterocycles. The molecule has 3 heterocycles. The van der Waals surface area contributed by atoms with Crippen LogP contribution < -0.4 is 11.3 Å². The monoisotopic (exact) mass is 282 g/mol. The third-order valence-electron chi connectivity index (χ3n) is 4.45. The molecular weight excluding hydrogens is 262 g/mol. The van der Waals surface area contributed by atoms with Crippen LogP contribution in [0.5, 0.6) is 0 Å². The molecule has 3 aliphatic rings. The molecule has 0 saturated carbocycles. The van der Waals surface area contributed by atoms with Crippen LogP contribution in [-0.4, -0.2) is 54.6 Å². The van der Waals surface area contributed by atoms with Gasteiger partial charge >= 0.3 is 0 Å². The van der Waals surface area contributed by atoms with Crippen molar-refractivity contribution in [1.82, 2.24) is 15.2 Å². The van der Waals surface area contributed by atoms with Gasteiger partial charge in [-0.1, -0.05) is 6.07 Å². The number of rotatable bonds is 4. The first kappa shape index (κ1) is 13.9. The summed E-state index contributed by atoms with van der Waals surface area (Å²) in [6, 6.07) is 3.99. The lowest BCUT2D eigenvalue weighted by molar-refractivity contribution is -0.00325. The fourth-order valence-electron chi connectivity index (χ4n) is 3.27. The van der Waals surface area contributed by atoms with Gasteiger partial charge in [0.1, 0.15) is 11.6 Å². The van der Waals surface area contributed by atoms with E-state index in [0.29, 0.717) is 12.0 Å². The Morgan fingerprint density at radius 1 is 1.25 bits per heavy atom. The lowest BCUT2D eigenvalue weighted by atomic mass is 9.94. The number of nitrogens with two attached hydrogens (primary N) is 1. The summed E-state index contributed by atoms with van der Waals surface area (Å²) >= 11 is 0. The second-order valence-electron chi connectivity index (χ2n) is 5.62. The van der Waals surface area contributed by atoms with Gasteiger partial charge in [0.2, 0.25) is 0 Å². The summed E-state index contributed by atoms with van der Waals surface area (Å²) in [5.41, 5.74) is 3.32. The van der Waals surface area contributed by atoms with Crippen LogP contribution >= 0.6 is 0 Å². The van der Waals surface area contributed by atoms with E-state index in [1.54, 1.807) is 0 Å². The van der Waals surface area contributed by atoms with E-state index in [2.05, 4.69) is 15.2 Å². The summed E-state index contributed by atoms with van der Waals surface area (Å²) in [5, 5.41) is 0. The summed E-state index contributed by atoms with van der Waals surface area (Å²) in [6.07, 6.45) is 0.470. The van der Waals surface area contributed by atoms with Gasteiger partial charge in [-0.05, 0) is 18.1 Å². The molecule has 0 amide bonds. The Bertz CT molecular complexity index is 474. The van der Waals surface area contributed by atoms with Gasteiger partial charge in [-0.3, -0.25) is 21.1 Å². The normalized spacial score (nSPS) is 30.4. The molecule has 2 bridgehead atoms. The molecule has 3 fully saturated rings. The number of nitrogens with zero attached hydrogens (tertiary/aromatic N) is 2. The molecule has 3 saturated heterocycles. The van der Waals surface area contributed by atoms with Crippen molar-refractivity contribution < 1.29 is 8.78 Å². The van der Waals surface area contributed by atoms with Gasteiger partial charge in [-0.15, -0.1) is 0 Å². The van der Waals surface area contributed by atoms with E-state index in [4.69, 9.17) is 5.84 Å². The molecule has 20 heavy (non-hydrogen) atoms. The van der Waals surface area contributed by atoms with Gasteiger partial charge in [0.05, 0.1) is 0 Å². The van der Waals surface area contributed by atoms with Crippen molar-refractivity contribution in [2.24, 2.45) is 5.84 Å². The summed E-state index contributed by atoms with van der Waals surface area (Å²) in [4.78, 5) is 4.82. The number of hydrogen-bond donors (Lipinski definition) is 2. The van der Waals surface area contributed by atoms with Gasteiger partial charge in [-0.2, -0.15) is 0 Å². The molecule has 0 aromatic heterocycles. The Balaban J connectivity index is 1.73. The fourth-order valence-corrected chi connectivity index (χ4v) is 3.27. The highest BCUT2D eigenvalue weighted by Gasteiger charge is 2.36. The maximum absolute atomic E-state index is 13.8. The minimum absolute atomic E-state index is 0.0296. The van der Waals surface area contributed by atoms with Crippen LogP contribution in [0.1, 0.15) is 5.56 Å². The average molecular weight is 282 g/mol. The zero-order chi connectivity index (χ0) is 14.1. The molecule has 0 spiro atoms. The molecular formula is C14H20F2N4. The average Bonchev–Trinajstić information content (AvgIpc) is 2.48. The molecule has 0 aliphatic carbocycles. The first-order valence-electron chi connectivity index (χ1n) is 7.04. The predicted octanol–water partition coefficient (Wildman–Crippen LogP) is 0.339. The molecule has 2 unspecified atom stereocenters. The van der Waals surface area contributed by atoms with Crippen molar-refractivity contribution in [2.75, 3.05) is 32.7 Å². The van der Waals surface area contributed by atoms with Gasteiger partial charge < -0.3 is 0 Å². The van der Waals surface area contributed by atoms with E-state index in [1.807, 2.05) is 0 Å². The number of nitrogens with one attached hydrogen (secondary N) is 1. The summed E-state index contributed by atoms with van der Waals surface area (Å²) in [6.45, 7) is 5.22. The van der Waals surface area contributed by atoms with E-state index in [-0.39, 0.29) is 12.1 Å². The van der Waals surface area contributed by atoms with E-state index in [0.717, 1.165) is 38.8 Å². The standard InChI is InChI=1S/C14H20F2N4/c15-11-2-1-10(12(16)8-11)7-13(18-17)14-9-19-3-5-20(14)6-4-19/h1-2,8,13-14,18H,3-7,9,17H2. The van der Waals surface area contributed by atoms with Crippen LogP contribution in [-0.2, 0) is 6.42 Å². The summed E-state index contributed by atoms with van der Waals surface area (Å²) < 4.78 is 26.7. The van der Waals surface area contributed by atoms with Crippen molar-refractivity contribution in [2.45, 2.75) is 18.5 Å². The quantitative estimate of drug-likeness (QED) is 0.617. The number of hydrazine groups is 1. The maximum Gasteiger partial charge on any atom is 0.129 e. The molecule has 3 N–H and O–H groups in total. The number of hydrogen-bond acceptors (Lipinski definition) is 4. The van der Waals surface area contributed by atoms with E-state index < -0.39 is 11.6 Å². The van der Waals surface area contributed by atoms with Crippen molar-refractivity contribution in [3.05, 3.63) is 35.4 Å². The van der Waals surface area contributed by atoms with E-state index in [9.17, 15) is 8.78 Å². The van der Waals surface area contributed by atoms with Crippen LogP contribution in [0.2, 0.25) is 0 Å². The number of halogens is 2. The molecule has 2 atom stereocenters. The molecule has 4 nitrogen and oxygen atoms in total. The summed E-state index contributed by atoms with van der Waals surface area (Å²) in [7, 11) is 0. The molecule has 1 aromatic rings. The van der Waals surface area contributed by atoms with Crippen molar-refractivity contribution in [3.8, 4) is 0 Å². The minimum Gasteiger partial charge on any atom is -0.299 e. The van der Waals surface area contributed by atoms with E-state index in [1.165, 1.54) is 12.1 Å². The smallest absolute Gasteiger partial charge is 0.129 e. The van der Waals surface area contributed by atoms with Gasteiger partial charge in [0, 0.05) is 50.9 Å². The molecule has 6 heteroatoms. The molecule has 4 rings (SSSR count). The SMILES string of the molecule is NNC(Cc1ccc(F)cc1F)C1CN2CCN1CC2. The maximum atomic E-state index is 13.8. The predicted molar refractivity (Wildman–Crippen MR) is 73.0 cm³/mol. The van der Waals surface area contributed by atoms with Crippen molar-refractivity contribution >= 4 is 0 Å². The fraction of sp³-hybridized carbons (Fsp3) is 0.571. The highest BCUT2D eigenvalue weighted by molar-refractivity contribution is 5.20. The Morgan fingerprint density at radius 2 is 2.00 bits per heavy atom. The second kappa shape index (κ2) is 5.73. The topological polar surface area (TPSA) is 44.5 Å². The van der Waals surface area contributed by atoms with Gasteiger partial charge in [-0.25, -0.2) is 8.78 Å². The third kappa shape index (κ3) is 2.69. The highest BCUT2D eigenvalue weighted by atomic mass is 19.1. The zero-order valence-electron chi connectivity index (χ0n) is 11.4. The van der Waals surface area contributed by atoms with Gasteiger partial charge in [0.15, 0.2) is 0 Å². The molecule has 110 valence electrons. The highest BCUT2D eigenvalue weighted by Crippen LogP contribution is 2.21. The van der Waals surface area contributed by atoms with Crippen LogP contribution in [0.25, 0.3) is 0 Å². The lowest BCUT2D eigenvalue weighted by Crippen LogP contribution is -2.67. The van der Waals surface area contributed by atoms with Crippen molar-refractivity contribution in [1.29, 1.82) is 0 Å². The second-order valence-corrected chi connectivity index (χ2v) is 5.62. The Morgan fingerprint density at radius 3 is 2.55 bits per heavy atom.